The van der Waals surface area contributed by atoms with Gasteiger partial charge < -0.3 is 9.80 Å². The van der Waals surface area contributed by atoms with Crippen molar-refractivity contribution < 1.29 is 13.0 Å². The minimum Gasteiger partial charge on any atom is -0.358 e. The second-order valence-electron chi connectivity index (χ2n) is 6.00. The molecule has 6 heteroatoms. The van der Waals surface area contributed by atoms with Gasteiger partial charge in [0.15, 0.2) is 0 Å². The van der Waals surface area contributed by atoms with Gasteiger partial charge in [0.25, 0.3) is 10.1 Å². The van der Waals surface area contributed by atoms with Gasteiger partial charge in [0, 0.05) is 18.9 Å². The van der Waals surface area contributed by atoms with Crippen LogP contribution in [0.3, 0.4) is 0 Å². The van der Waals surface area contributed by atoms with Crippen molar-refractivity contribution in [3.05, 3.63) is 55.5 Å². The molecule has 2 rings (SSSR count). The fraction of sp³-hybridized carbons (Fsp3) is 0.474. The molecule has 1 aromatic rings. The van der Waals surface area contributed by atoms with Crippen LogP contribution in [0.15, 0.2) is 60.4 Å². The fourth-order valence-electron chi connectivity index (χ4n) is 2.44. The highest BCUT2D eigenvalue weighted by Crippen LogP contribution is 2.10. The maximum Gasteiger partial charge on any atom is 0.294 e. The Labute approximate surface area is 152 Å². The average molecular weight is 367 g/mol. The first-order valence-electron chi connectivity index (χ1n) is 8.80. The van der Waals surface area contributed by atoms with E-state index in [0.717, 1.165) is 6.67 Å². The van der Waals surface area contributed by atoms with E-state index in [1.54, 1.807) is 18.2 Å². The number of unbranched alkanes of at least 4 members (excludes halogenated alkanes) is 5. The molecule has 0 aliphatic carbocycles. The van der Waals surface area contributed by atoms with Crippen LogP contribution in [0.1, 0.15) is 45.4 Å². The lowest BCUT2D eigenvalue weighted by molar-refractivity contribution is 0.307. The molecule has 0 bridgehead atoms. The lowest BCUT2D eigenvalue weighted by atomic mass is 10.1. The molecule has 140 valence electrons. The van der Waals surface area contributed by atoms with Crippen LogP contribution < -0.4 is 0 Å². The minimum atomic E-state index is -4.00. The van der Waals surface area contributed by atoms with Crippen LogP contribution in [0, 0.1) is 0 Å². The van der Waals surface area contributed by atoms with Crippen molar-refractivity contribution in [1.82, 2.24) is 9.80 Å². The highest BCUT2D eigenvalue weighted by Gasteiger charge is 2.08. The normalized spacial score (nSPS) is 13.5. The molecule has 0 saturated heterocycles. The smallest absolute Gasteiger partial charge is 0.294 e. The van der Waals surface area contributed by atoms with Crippen molar-refractivity contribution in [1.29, 1.82) is 0 Å². The van der Waals surface area contributed by atoms with Crippen molar-refractivity contribution in [3.8, 4) is 0 Å². The second-order valence-corrected chi connectivity index (χ2v) is 7.43. The number of benzene rings is 1. The molecule has 1 aliphatic rings. The molecule has 0 fully saturated rings. The van der Waals surface area contributed by atoms with Crippen molar-refractivity contribution in [2.24, 2.45) is 0 Å². The summed E-state index contributed by atoms with van der Waals surface area (Å²) in [5.74, 6) is 0. The van der Waals surface area contributed by atoms with Gasteiger partial charge in [-0.3, -0.25) is 4.55 Å². The van der Waals surface area contributed by atoms with Gasteiger partial charge >= 0.3 is 0 Å². The SMILES string of the molecule is C=CN1C=CN(CCCCCCCC)C1.O=S(=O)(O)c1ccccc1. The van der Waals surface area contributed by atoms with Crippen LogP contribution in [0.2, 0.25) is 0 Å². The Morgan fingerprint density at radius 2 is 1.72 bits per heavy atom. The Balaban J connectivity index is 0.000000271. The van der Waals surface area contributed by atoms with Crippen molar-refractivity contribution in [3.63, 3.8) is 0 Å². The first-order valence-corrected chi connectivity index (χ1v) is 10.2. The van der Waals surface area contributed by atoms with Gasteiger partial charge in [-0.2, -0.15) is 8.42 Å². The molecule has 0 radical (unpaired) electrons. The molecule has 25 heavy (non-hydrogen) atoms. The summed E-state index contributed by atoms with van der Waals surface area (Å²) in [5, 5.41) is 0. The van der Waals surface area contributed by atoms with Gasteiger partial charge in [-0.1, -0.05) is 63.8 Å². The van der Waals surface area contributed by atoms with E-state index in [9.17, 15) is 8.42 Å². The van der Waals surface area contributed by atoms with E-state index in [1.165, 1.54) is 57.2 Å². The number of rotatable bonds is 9. The second kappa shape index (κ2) is 11.7. The minimum absolute atomic E-state index is 0.0741. The average Bonchev–Trinajstić information content (AvgIpc) is 3.07. The summed E-state index contributed by atoms with van der Waals surface area (Å²) < 4.78 is 29.2. The van der Waals surface area contributed by atoms with Gasteiger partial charge in [-0.25, -0.2) is 0 Å². The van der Waals surface area contributed by atoms with Gasteiger partial charge in [-0.15, -0.1) is 0 Å². The zero-order chi connectivity index (χ0) is 18.5. The molecule has 5 nitrogen and oxygen atoms in total. The monoisotopic (exact) mass is 366 g/mol. The molecule has 0 atom stereocenters. The van der Waals surface area contributed by atoms with E-state index in [4.69, 9.17) is 4.55 Å². The number of hydrogen-bond acceptors (Lipinski definition) is 4. The molecule has 0 saturated carbocycles. The molecule has 0 amide bonds. The van der Waals surface area contributed by atoms with E-state index in [-0.39, 0.29) is 4.90 Å². The lowest BCUT2D eigenvalue weighted by Gasteiger charge is -2.18. The van der Waals surface area contributed by atoms with Crippen LogP contribution >= 0.6 is 0 Å². The zero-order valence-corrected chi connectivity index (χ0v) is 15.9. The van der Waals surface area contributed by atoms with Gasteiger partial charge in [0.05, 0.1) is 11.6 Å². The quantitative estimate of drug-likeness (QED) is 0.516. The van der Waals surface area contributed by atoms with E-state index >= 15 is 0 Å². The van der Waals surface area contributed by atoms with Crippen LogP contribution in [0.25, 0.3) is 0 Å². The molecule has 1 N–H and O–H groups in total. The Hall–Kier alpha value is -1.79. The first kappa shape index (κ1) is 21.3. The standard InChI is InChI=1S/C13H24N2.C6H6O3S/c1-3-5-6-7-8-9-10-15-12-11-14(4-2)13-15;7-10(8,9)6-4-2-1-3-5-6/h4,11-12H,2-3,5-10,13H2,1H3;1-5H,(H,7,8,9). The summed E-state index contributed by atoms with van der Waals surface area (Å²) >= 11 is 0. The van der Waals surface area contributed by atoms with E-state index < -0.39 is 10.1 Å². The van der Waals surface area contributed by atoms with E-state index in [1.807, 2.05) is 6.20 Å². The Kier molecular flexibility index (Phi) is 9.96. The summed E-state index contributed by atoms with van der Waals surface area (Å²) in [4.78, 5) is 4.38. The highest BCUT2D eigenvalue weighted by molar-refractivity contribution is 7.85. The van der Waals surface area contributed by atoms with Crippen molar-refractivity contribution in [2.45, 2.75) is 50.3 Å². The summed E-state index contributed by atoms with van der Waals surface area (Å²) in [7, 11) is -4.00. The van der Waals surface area contributed by atoms with Gasteiger partial charge in [0.2, 0.25) is 0 Å². The van der Waals surface area contributed by atoms with E-state index in [0.29, 0.717) is 0 Å². The third-order valence-electron chi connectivity index (χ3n) is 3.89. The maximum atomic E-state index is 10.4. The summed E-state index contributed by atoms with van der Waals surface area (Å²) in [6.45, 7) is 8.19. The predicted molar refractivity (Wildman–Crippen MR) is 102 cm³/mol. The zero-order valence-electron chi connectivity index (χ0n) is 15.0. The Morgan fingerprint density at radius 3 is 2.24 bits per heavy atom. The summed E-state index contributed by atoms with van der Waals surface area (Å²) in [6, 6.07) is 7.42. The topological polar surface area (TPSA) is 60.9 Å². The van der Waals surface area contributed by atoms with Crippen LogP contribution in [0.4, 0.5) is 0 Å². The molecular weight excluding hydrogens is 336 g/mol. The molecule has 0 aromatic heterocycles. The molecular formula is C19H30N2O3S. The molecule has 0 spiro atoms. The van der Waals surface area contributed by atoms with Crippen LogP contribution in [0.5, 0.6) is 0 Å². The lowest BCUT2D eigenvalue weighted by Crippen LogP contribution is -2.22. The van der Waals surface area contributed by atoms with E-state index in [2.05, 4.69) is 35.7 Å². The van der Waals surface area contributed by atoms with Gasteiger partial charge in [0.1, 0.15) is 0 Å². The van der Waals surface area contributed by atoms with Crippen LogP contribution in [-0.4, -0.2) is 36.0 Å². The van der Waals surface area contributed by atoms with Crippen molar-refractivity contribution >= 4 is 10.1 Å². The Morgan fingerprint density at radius 1 is 1.08 bits per heavy atom. The summed E-state index contributed by atoms with van der Waals surface area (Å²) in [6.07, 6.45) is 14.4. The third-order valence-corrected chi connectivity index (χ3v) is 4.76. The Bertz CT molecular complexity index is 615. The number of hydrogen-bond donors (Lipinski definition) is 1. The predicted octanol–water partition coefficient (Wildman–Crippen LogP) is 4.47. The maximum absolute atomic E-state index is 10.4. The summed E-state index contributed by atoms with van der Waals surface area (Å²) in [5.41, 5.74) is 0. The fourth-order valence-corrected chi connectivity index (χ4v) is 2.94. The largest absolute Gasteiger partial charge is 0.358 e. The molecule has 0 unspecified atom stereocenters. The number of nitrogens with zero attached hydrogens (tertiary/aromatic N) is 2. The molecule has 1 heterocycles. The van der Waals surface area contributed by atoms with Crippen molar-refractivity contribution in [2.75, 3.05) is 13.2 Å². The molecule has 1 aromatic carbocycles. The highest BCUT2D eigenvalue weighted by atomic mass is 32.2. The van der Waals surface area contributed by atoms with Crippen LogP contribution in [-0.2, 0) is 10.1 Å². The first-order chi connectivity index (χ1) is 12.0. The third kappa shape index (κ3) is 9.31. The van der Waals surface area contributed by atoms with Gasteiger partial charge in [-0.05, 0) is 24.8 Å². The molecule has 1 aliphatic heterocycles.